The molecule has 1 saturated heterocycles. The molecule has 0 radical (unpaired) electrons. The van der Waals surface area contributed by atoms with Crippen LogP contribution < -0.4 is 10.6 Å². The molecule has 1 unspecified atom stereocenters. The second kappa shape index (κ2) is 8.68. The van der Waals surface area contributed by atoms with Gasteiger partial charge in [-0.05, 0) is 70.1 Å². The summed E-state index contributed by atoms with van der Waals surface area (Å²) in [6.45, 7) is 9.66. The first-order chi connectivity index (χ1) is 11.8. The molecule has 2 aliphatic rings. The normalized spacial score (nSPS) is 31.0. The van der Waals surface area contributed by atoms with Gasteiger partial charge in [-0.1, -0.05) is 31.1 Å². The predicted molar refractivity (Wildman–Crippen MR) is 102 cm³/mol. The van der Waals surface area contributed by atoms with E-state index in [4.69, 9.17) is 0 Å². The van der Waals surface area contributed by atoms with Gasteiger partial charge in [0.1, 0.15) is 6.04 Å². The lowest BCUT2D eigenvalue weighted by molar-refractivity contribution is -0.126. The van der Waals surface area contributed by atoms with Gasteiger partial charge in [0, 0.05) is 12.6 Å². The number of amides is 2. The summed E-state index contributed by atoms with van der Waals surface area (Å²) in [4.78, 5) is 24.2. The molecule has 1 heterocycles. The van der Waals surface area contributed by atoms with E-state index in [0.717, 1.165) is 37.7 Å². The third-order valence-electron chi connectivity index (χ3n) is 6.31. The van der Waals surface area contributed by atoms with Gasteiger partial charge in [-0.25, -0.2) is 0 Å². The van der Waals surface area contributed by atoms with Crippen LogP contribution in [0.15, 0.2) is 23.3 Å². The molecule has 0 aromatic heterocycles. The second-order valence-electron chi connectivity index (χ2n) is 8.12. The van der Waals surface area contributed by atoms with Crippen molar-refractivity contribution in [3.8, 4) is 0 Å². The van der Waals surface area contributed by atoms with Crippen molar-refractivity contribution in [1.29, 1.82) is 0 Å². The van der Waals surface area contributed by atoms with Gasteiger partial charge in [0.05, 0.1) is 0 Å². The largest absolute Gasteiger partial charge is 0.354 e. The molecular weight excluding hydrogens is 312 g/mol. The van der Waals surface area contributed by atoms with Crippen LogP contribution >= 0.6 is 0 Å². The van der Waals surface area contributed by atoms with Crippen LogP contribution in [0.5, 0.6) is 0 Å². The molecule has 1 aliphatic carbocycles. The van der Waals surface area contributed by atoms with Crippen LogP contribution in [-0.2, 0) is 9.59 Å². The van der Waals surface area contributed by atoms with Gasteiger partial charge in [0.2, 0.25) is 11.8 Å². The summed E-state index contributed by atoms with van der Waals surface area (Å²) in [6.07, 6.45) is 11.1. The molecule has 0 saturated carbocycles. The van der Waals surface area contributed by atoms with E-state index in [0.29, 0.717) is 12.5 Å². The average molecular weight is 347 g/mol. The molecule has 4 nitrogen and oxygen atoms in total. The lowest BCUT2D eigenvalue weighted by Crippen LogP contribution is -2.45. The fourth-order valence-electron chi connectivity index (χ4n) is 3.98. The fraction of sp³-hybridized carbons (Fsp3) is 0.714. The standard InChI is InChI=1S/C21H34N2O2/c1-15(11-12-21(4)16(2)8-7-9-17(21)3)14-19(24)23-18-10-5-6-13-22-20(18)25/h8,14,17-18H,5-7,9-13H2,1-4H3,(H,22,25)(H,23,24)/b15-14+/t17-,18?,21-/m1/s1. The highest BCUT2D eigenvalue weighted by molar-refractivity contribution is 5.93. The Morgan fingerprint density at radius 3 is 2.88 bits per heavy atom. The Hall–Kier alpha value is -1.58. The summed E-state index contributed by atoms with van der Waals surface area (Å²) in [5.41, 5.74) is 2.79. The highest BCUT2D eigenvalue weighted by atomic mass is 16.2. The number of carbonyl (C=O) groups is 2. The Morgan fingerprint density at radius 2 is 2.16 bits per heavy atom. The Bertz CT molecular complexity index is 564. The van der Waals surface area contributed by atoms with Crippen molar-refractivity contribution in [2.24, 2.45) is 11.3 Å². The number of rotatable bonds is 5. The first-order valence-electron chi connectivity index (χ1n) is 9.75. The van der Waals surface area contributed by atoms with Crippen molar-refractivity contribution >= 4 is 11.8 Å². The predicted octanol–water partition coefficient (Wildman–Crippen LogP) is 3.88. The second-order valence-corrected chi connectivity index (χ2v) is 8.12. The quantitative estimate of drug-likeness (QED) is 0.586. The topological polar surface area (TPSA) is 58.2 Å². The van der Waals surface area contributed by atoms with Crippen LogP contribution in [0.1, 0.15) is 72.6 Å². The van der Waals surface area contributed by atoms with E-state index < -0.39 is 0 Å². The minimum absolute atomic E-state index is 0.0544. The molecule has 1 fully saturated rings. The number of allylic oxidation sites excluding steroid dienone is 3. The first kappa shape index (κ1) is 19.7. The van der Waals surface area contributed by atoms with E-state index in [1.165, 1.54) is 18.4 Å². The first-order valence-corrected chi connectivity index (χ1v) is 9.75. The lowest BCUT2D eigenvalue weighted by Gasteiger charge is -2.40. The molecule has 2 amide bonds. The van der Waals surface area contributed by atoms with E-state index >= 15 is 0 Å². The van der Waals surface area contributed by atoms with Gasteiger partial charge in [-0.3, -0.25) is 9.59 Å². The number of carbonyl (C=O) groups excluding carboxylic acids is 2. The average Bonchev–Trinajstić information content (AvgIpc) is 2.76. The number of hydrogen-bond acceptors (Lipinski definition) is 2. The molecule has 0 bridgehead atoms. The molecular formula is C21H34N2O2. The Labute approximate surface area is 152 Å². The zero-order valence-electron chi connectivity index (χ0n) is 16.3. The molecule has 2 N–H and O–H groups in total. The number of hydrogen-bond donors (Lipinski definition) is 2. The summed E-state index contributed by atoms with van der Waals surface area (Å²) >= 11 is 0. The molecule has 25 heavy (non-hydrogen) atoms. The lowest BCUT2D eigenvalue weighted by atomic mass is 9.65. The zero-order chi connectivity index (χ0) is 18.4. The maximum Gasteiger partial charge on any atom is 0.244 e. The molecule has 140 valence electrons. The Kier molecular flexibility index (Phi) is 6.86. The summed E-state index contributed by atoms with van der Waals surface area (Å²) < 4.78 is 0. The molecule has 0 aromatic carbocycles. The van der Waals surface area contributed by atoms with Gasteiger partial charge in [0.25, 0.3) is 0 Å². The molecule has 1 aliphatic heterocycles. The smallest absolute Gasteiger partial charge is 0.244 e. The Morgan fingerprint density at radius 1 is 1.40 bits per heavy atom. The Balaban J connectivity index is 1.90. The fourth-order valence-corrected chi connectivity index (χ4v) is 3.98. The summed E-state index contributed by atoms with van der Waals surface area (Å²) in [7, 11) is 0. The van der Waals surface area contributed by atoms with E-state index in [1.54, 1.807) is 6.08 Å². The van der Waals surface area contributed by atoms with Crippen molar-refractivity contribution in [1.82, 2.24) is 10.6 Å². The van der Waals surface area contributed by atoms with E-state index in [9.17, 15) is 9.59 Å². The van der Waals surface area contributed by atoms with Crippen molar-refractivity contribution in [2.45, 2.75) is 78.7 Å². The molecule has 0 aromatic rings. The molecule has 0 spiro atoms. The van der Waals surface area contributed by atoms with E-state index in [2.05, 4.69) is 37.5 Å². The van der Waals surface area contributed by atoms with Crippen LogP contribution in [0.4, 0.5) is 0 Å². The molecule has 4 heteroatoms. The zero-order valence-corrected chi connectivity index (χ0v) is 16.3. The third-order valence-corrected chi connectivity index (χ3v) is 6.31. The van der Waals surface area contributed by atoms with Crippen molar-refractivity contribution in [3.05, 3.63) is 23.3 Å². The van der Waals surface area contributed by atoms with Gasteiger partial charge in [0.15, 0.2) is 0 Å². The minimum Gasteiger partial charge on any atom is -0.354 e. The van der Waals surface area contributed by atoms with Crippen molar-refractivity contribution in [3.63, 3.8) is 0 Å². The summed E-state index contributed by atoms with van der Waals surface area (Å²) in [5, 5.41) is 5.72. The van der Waals surface area contributed by atoms with E-state index in [-0.39, 0.29) is 23.3 Å². The highest BCUT2D eigenvalue weighted by Gasteiger charge is 2.34. The van der Waals surface area contributed by atoms with Gasteiger partial charge in [-0.15, -0.1) is 0 Å². The van der Waals surface area contributed by atoms with Crippen LogP contribution in [0.25, 0.3) is 0 Å². The van der Waals surface area contributed by atoms with Crippen molar-refractivity contribution in [2.75, 3.05) is 6.54 Å². The summed E-state index contributed by atoms with van der Waals surface area (Å²) in [6, 6.07) is -0.389. The van der Waals surface area contributed by atoms with Crippen LogP contribution in [-0.4, -0.2) is 24.4 Å². The maximum absolute atomic E-state index is 12.3. The van der Waals surface area contributed by atoms with Crippen LogP contribution in [0, 0.1) is 11.3 Å². The SMILES string of the molecule is CC1=CCC[C@@H](C)[C@]1(C)CC/C(C)=C/C(=O)NC1CCCCNC1=O. The van der Waals surface area contributed by atoms with Gasteiger partial charge < -0.3 is 10.6 Å². The number of nitrogens with one attached hydrogen (secondary N) is 2. The van der Waals surface area contributed by atoms with Crippen LogP contribution in [0.3, 0.4) is 0 Å². The van der Waals surface area contributed by atoms with Crippen molar-refractivity contribution < 1.29 is 9.59 Å². The monoisotopic (exact) mass is 346 g/mol. The highest BCUT2D eigenvalue weighted by Crippen LogP contribution is 2.45. The molecule has 3 atom stereocenters. The van der Waals surface area contributed by atoms with Gasteiger partial charge in [-0.2, -0.15) is 0 Å². The third kappa shape index (κ3) is 5.20. The maximum atomic E-state index is 12.3. The van der Waals surface area contributed by atoms with Crippen LogP contribution in [0.2, 0.25) is 0 Å². The summed E-state index contributed by atoms with van der Waals surface area (Å²) in [5.74, 6) is 0.476. The molecule has 2 rings (SSSR count). The minimum atomic E-state index is -0.389. The van der Waals surface area contributed by atoms with Gasteiger partial charge >= 0.3 is 0 Å². The van der Waals surface area contributed by atoms with E-state index in [1.807, 2.05) is 6.92 Å².